The first kappa shape index (κ1) is 11.5. The number of amides is 1. The topological polar surface area (TPSA) is 49.3 Å². The van der Waals surface area contributed by atoms with Gasteiger partial charge in [-0.3, -0.25) is 4.79 Å². The highest BCUT2D eigenvalue weighted by Gasteiger charge is 2.33. The van der Waals surface area contributed by atoms with Crippen molar-refractivity contribution in [1.82, 2.24) is 5.32 Å². The zero-order valence-corrected chi connectivity index (χ0v) is 9.34. The van der Waals surface area contributed by atoms with Crippen LogP contribution in [0.1, 0.15) is 40.0 Å². The van der Waals surface area contributed by atoms with Crippen LogP contribution >= 0.6 is 0 Å². The summed E-state index contributed by atoms with van der Waals surface area (Å²) in [5.41, 5.74) is -0.723. The summed E-state index contributed by atoms with van der Waals surface area (Å²) in [6.07, 6.45) is 2.52. The van der Waals surface area contributed by atoms with Crippen molar-refractivity contribution >= 4 is 5.91 Å². The van der Waals surface area contributed by atoms with Gasteiger partial charge in [0, 0.05) is 12.5 Å². The zero-order valence-electron chi connectivity index (χ0n) is 9.34. The minimum absolute atomic E-state index is 0.00106. The molecule has 1 saturated heterocycles. The molecule has 0 bridgehead atoms. The highest BCUT2D eigenvalue weighted by molar-refractivity contribution is 5.79. The van der Waals surface area contributed by atoms with Gasteiger partial charge in [-0.1, -0.05) is 13.8 Å². The molecule has 0 spiro atoms. The van der Waals surface area contributed by atoms with Gasteiger partial charge >= 0.3 is 0 Å². The Morgan fingerprint density at radius 1 is 1.64 bits per heavy atom. The van der Waals surface area contributed by atoms with Crippen molar-refractivity contribution in [3.63, 3.8) is 0 Å². The van der Waals surface area contributed by atoms with Crippen LogP contribution in [0.15, 0.2) is 0 Å². The summed E-state index contributed by atoms with van der Waals surface area (Å²) in [5.74, 6) is 0.301. The lowest BCUT2D eigenvalue weighted by Crippen LogP contribution is -2.42. The van der Waals surface area contributed by atoms with Gasteiger partial charge in [0.1, 0.15) is 0 Å². The molecule has 1 aliphatic rings. The lowest BCUT2D eigenvalue weighted by molar-refractivity contribution is -0.129. The fourth-order valence-electron chi connectivity index (χ4n) is 1.76. The molecule has 0 radical (unpaired) electrons. The van der Waals surface area contributed by atoms with E-state index in [1.165, 1.54) is 0 Å². The maximum Gasteiger partial charge on any atom is 0.223 e. The lowest BCUT2D eigenvalue weighted by Gasteiger charge is -2.33. The van der Waals surface area contributed by atoms with E-state index >= 15 is 0 Å². The summed E-state index contributed by atoms with van der Waals surface area (Å²) in [7, 11) is 0. The summed E-state index contributed by atoms with van der Waals surface area (Å²) in [4.78, 5) is 11.5. The second-order valence-electron chi connectivity index (χ2n) is 4.85. The zero-order chi connectivity index (χ0) is 10.8. The molecule has 3 nitrogen and oxygen atoms in total. The molecule has 0 aromatic heterocycles. The van der Waals surface area contributed by atoms with Crippen LogP contribution in [-0.4, -0.2) is 23.2 Å². The van der Waals surface area contributed by atoms with Gasteiger partial charge in [0.25, 0.3) is 0 Å². The molecular formula is C11H21NO2. The van der Waals surface area contributed by atoms with Crippen LogP contribution in [0.4, 0.5) is 0 Å². The first-order valence-electron chi connectivity index (χ1n) is 5.43. The van der Waals surface area contributed by atoms with Gasteiger partial charge in [-0.2, -0.15) is 0 Å². The Bertz CT molecular complexity index is 211. The molecule has 1 aliphatic heterocycles. The van der Waals surface area contributed by atoms with Gasteiger partial charge in [0.15, 0.2) is 0 Å². The predicted octanol–water partition coefficient (Wildman–Crippen LogP) is 1.31. The van der Waals surface area contributed by atoms with Crippen LogP contribution in [-0.2, 0) is 4.79 Å². The smallest absolute Gasteiger partial charge is 0.223 e. The minimum Gasteiger partial charge on any atom is -0.390 e. The Labute approximate surface area is 85.9 Å². The molecular weight excluding hydrogens is 178 g/mol. The molecule has 0 aliphatic carbocycles. The average Bonchev–Trinajstić information content (AvgIpc) is 2.08. The first-order valence-corrected chi connectivity index (χ1v) is 5.43. The van der Waals surface area contributed by atoms with Crippen molar-refractivity contribution in [2.75, 3.05) is 6.54 Å². The minimum atomic E-state index is -0.723. The number of aliphatic hydroxyl groups is 1. The maximum absolute atomic E-state index is 11.5. The van der Waals surface area contributed by atoms with Crippen LogP contribution in [0.3, 0.4) is 0 Å². The van der Waals surface area contributed by atoms with E-state index in [0.29, 0.717) is 6.42 Å². The maximum atomic E-state index is 11.5. The fourth-order valence-corrected chi connectivity index (χ4v) is 1.76. The van der Waals surface area contributed by atoms with E-state index in [0.717, 1.165) is 19.4 Å². The van der Waals surface area contributed by atoms with Gasteiger partial charge in [-0.15, -0.1) is 0 Å². The lowest BCUT2D eigenvalue weighted by atomic mass is 9.80. The van der Waals surface area contributed by atoms with Gasteiger partial charge in [-0.05, 0) is 32.1 Å². The molecule has 1 rings (SSSR count). The number of carbonyl (C=O) groups excluding carboxylic acids is 1. The molecule has 1 fully saturated rings. The summed E-state index contributed by atoms with van der Waals surface area (Å²) < 4.78 is 0. The van der Waals surface area contributed by atoms with Crippen LogP contribution in [0, 0.1) is 11.8 Å². The Morgan fingerprint density at radius 2 is 2.29 bits per heavy atom. The van der Waals surface area contributed by atoms with E-state index in [1.54, 1.807) is 0 Å². The average molecular weight is 199 g/mol. The molecule has 1 heterocycles. The molecule has 0 saturated carbocycles. The number of rotatable bonds is 3. The number of piperidine rings is 1. The molecule has 2 N–H and O–H groups in total. The Morgan fingerprint density at radius 3 is 2.79 bits per heavy atom. The van der Waals surface area contributed by atoms with Crippen molar-refractivity contribution in [2.45, 2.75) is 45.6 Å². The van der Waals surface area contributed by atoms with Gasteiger partial charge in [0.05, 0.1) is 5.60 Å². The van der Waals surface area contributed by atoms with E-state index in [1.807, 2.05) is 20.8 Å². The normalized spacial score (nSPS) is 27.2. The van der Waals surface area contributed by atoms with Crippen molar-refractivity contribution in [3.8, 4) is 0 Å². The molecule has 2 unspecified atom stereocenters. The van der Waals surface area contributed by atoms with E-state index in [9.17, 15) is 9.90 Å². The van der Waals surface area contributed by atoms with Crippen molar-refractivity contribution in [1.29, 1.82) is 0 Å². The largest absolute Gasteiger partial charge is 0.390 e. The standard InChI is InChI=1S/C11H21NO2/c1-8(2)11(3,14)7-9-5-4-6-12-10(9)13/h8-9,14H,4-7H2,1-3H3,(H,12,13). The summed E-state index contributed by atoms with van der Waals surface area (Å²) >= 11 is 0. The molecule has 14 heavy (non-hydrogen) atoms. The number of carbonyl (C=O) groups is 1. The third-order valence-electron chi connectivity index (χ3n) is 3.30. The van der Waals surface area contributed by atoms with Crippen LogP contribution < -0.4 is 5.32 Å². The Kier molecular flexibility index (Phi) is 3.53. The molecule has 0 aromatic carbocycles. The highest BCUT2D eigenvalue weighted by atomic mass is 16.3. The summed E-state index contributed by atoms with van der Waals surface area (Å²) in [6, 6.07) is 0. The van der Waals surface area contributed by atoms with Crippen LogP contribution in [0.2, 0.25) is 0 Å². The molecule has 2 atom stereocenters. The third kappa shape index (κ3) is 2.71. The summed E-state index contributed by atoms with van der Waals surface area (Å²) in [5, 5.41) is 12.9. The monoisotopic (exact) mass is 199 g/mol. The van der Waals surface area contributed by atoms with E-state index in [-0.39, 0.29) is 17.7 Å². The SMILES string of the molecule is CC(C)C(C)(O)CC1CCCNC1=O. The van der Waals surface area contributed by atoms with Crippen LogP contribution in [0.25, 0.3) is 0 Å². The second-order valence-corrected chi connectivity index (χ2v) is 4.85. The number of hydrogen-bond donors (Lipinski definition) is 2. The van der Waals surface area contributed by atoms with Crippen molar-refractivity contribution in [2.24, 2.45) is 11.8 Å². The van der Waals surface area contributed by atoms with Crippen LogP contribution in [0.5, 0.6) is 0 Å². The third-order valence-corrected chi connectivity index (χ3v) is 3.30. The molecule has 1 amide bonds. The fraction of sp³-hybridized carbons (Fsp3) is 0.909. The molecule has 0 aromatic rings. The van der Waals surface area contributed by atoms with Gasteiger partial charge in [0.2, 0.25) is 5.91 Å². The second kappa shape index (κ2) is 4.30. The molecule has 3 heteroatoms. The quantitative estimate of drug-likeness (QED) is 0.720. The summed E-state index contributed by atoms with van der Waals surface area (Å²) in [6.45, 7) is 6.58. The van der Waals surface area contributed by atoms with Gasteiger partial charge < -0.3 is 10.4 Å². The van der Waals surface area contributed by atoms with Crippen molar-refractivity contribution in [3.05, 3.63) is 0 Å². The van der Waals surface area contributed by atoms with E-state index in [2.05, 4.69) is 5.32 Å². The van der Waals surface area contributed by atoms with Crippen molar-refractivity contribution < 1.29 is 9.90 Å². The number of hydrogen-bond acceptors (Lipinski definition) is 2. The predicted molar refractivity (Wildman–Crippen MR) is 55.8 cm³/mol. The first-order chi connectivity index (χ1) is 6.43. The Hall–Kier alpha value is -0.570. The highest BCUT2D eigenvalue weighted by Crippen LogP contribution is 2.28. The van der Waals surface area contributed by atoms with E-state index in [4.69, 9.17) is 0 Å². The van der Waals surface area contributed by atoms with E-state index < -0.39 is 5.60 Å². The van der Waals surface area contributed by atoms with Gasteiger partial charge in [-0.25, -0.2) is 0 Å². The number of nitrogens with one attached hydrogen (secondary N) is 1. The molecule has 82 valence electrons. The Balaban J connectivity index is 2.53.